The number of rotatable bonds is 7. The first kappa shape index (κ1) is 27.1. The van der Waals surface area contributed by atoms with Crippen molar-refractivity contribution in [2.75, 3.05) is 19.0 Å². The predicted octanol–water partition coefficient (Wildman–Crippen LogP) is 4.23. The molecule has 0 bridgehead atoms. The van der Waals surface area contributed by atoms with Crippen LogP contribution in [0.1, 0.15) is 43.1 Å². The Balaban J connectivity index is 2.43. The monoisotopic (exact) mass is 508 g/mol. The molecule has 0 spiro atoms. The SMILES string of the molecule is CN(C)C(=O)c1cccc(N(Cc2cc(Cl)c(O)c(Cl)c2)C(=O)CC(=O)C(=O)OC(C)(C)C)c1. The van der Waals surface area contributed by atoms with E-state index in [2.05, 4.69) is 0 Å². The maximum atomic E-state index is 13.2. The van der Waals surface area contributed by atoms with Gasteiger partial charge < -0.3 is 19.6 Å². The van der Waals surface area contributed by atoms with Gasteiger partial charge in [-0.15, -0.1) is 0 Å². The number of phenols is 1. The third-order valence-electron chi connectivity index (χ3n) is 4.47. The first-order chi connectivity index (χ1) is 15.7. The number of halogens is 2. The number of esters is 1. The van der Waals surface area contributed by atoms with Crippen LogP contribution in [0.3, 0.4) is 0 Å². The van der Waals surface area contributed by atoms with Crippen LogP contribution in [0.5, 0.6) is 5.75 Å². The molecule has 182 valence electrons. The number of carbonyl (C=O) groups excluding carboxylic acids is 4. The van der Waals surface area contributed by atoms with Crippen molar-refractivity contribution in [1.29, 1.82) is 0 Å². The van der Waals surface area contributed by atoms with Gasteiger partial charge in [0.1, 0.15) is 5.60 Å². The van der Waals surface area contributed by atoms with Gasteiger partial charge in [-0.1, -0.05) is 29.3 Å². The van der Waals surface area contributed by atoms with Crippen LogP contribution >= 0.6 is 23.2 Å². The van der Waals surface area contributed by atoms with E-state index in [1.807, 2.05) is 0 Å². The highest BCUT2D eigenvalue weighted by molar-refractivity contribution is 6.38. The molecular formula is C24H26Cl2N2O6. The van der Waals surface area contributed by atoms with Gasteiger partial charge in [0.05, 0.1) is 23.0 Å². The lowest BCUT2D eigenvalue weighted by Gasteiger charge is -2.24. The quantitative estimate of drug-likeness (QED) is 0.340. The molecule has 0 saturated carbocycles. The van der Waals surface area contributed by atoms with Crippen LogP contribution in [0.15, 0.2) is 36.4 Å². The molecule has 0 aliphatic heterocycles. The molecule has 8 nitrogen and oxygen atoms in total. The summed E-state index contributed by atoms with van der Waals surface area (Å²) < 4.78 is 5.05. The van der Waals surface area contributed by atoms with E-state index in [1.165, 1.54) is 28.0 Å². The maximum Gasteiger partial charge on any atom is 0.375 e. The van der Waals surface area contributed by atoms with Crippen molar-refractivity contribution >= 4 is 52.5 Å². The summed E-state index contributed by atoms with van der Waals surface area (Å²) in [4.78, 5) is 52.7. The fourth-order valence-corrected chi connectivity index (χ4v) is 3.45. The number of carbonyl (C=O) groups is 4. The highest BCUT2D eigenvalue weighted by Crippen LogP contribution is 2.33. The van der Waals surface area contributed by atoms with Gasteiger partial charge >= 0.3 is 5.97 Å². The number of nitrogens with zero attached hydrogens (tertiary/aromatic N) is 2. The van der Waals surface area contributed by atoms with Crippen LogP contribution < -0.4 is 4.90 Å². The number of ether oxygens (including phenoxy) is 1. The molecule has 2 rings (SSSR count). The fraction of sp³-hybridized carbons (Fsp3) is 0.333. The van der Waals surface area contributed by atoms with Gasteiger partial charge in [0, 0.05) is 25.3 Å². The number of ketones is 1. The first-order valence-corrected chi connectivity index (χ1v) is 11.0. The minimum Gasteiger partial charge on any atom is -0.505 e. The van der Waals surface area contributed by atoms with E-state index in [0.29, 0.717) is 16.8 Å². The van der Waals surface area contributed by atoms with E-state index in [0.717, 1.165) is 0 Å². The van der Waals surface area contributed by atoms with Crippen molar-refractivity contribution in [1.82, 2.24) is 4.90 Å². The number of aromatic hydroxyl groups is 1. The molecule has 0 atom stereocenters. The maximum absolute atomic E-state index is 13.2. The lowest BCUT2D eigenvalue weighted by atomic mass is 10.1. The van der Waals surface area contributed by atoms with Gasteiger partial charge in [0.2, 0.25) is 11.7 Å². The minimum atomic E-state index is -1.12. The molecule has 0 heterocycles. The standard InChI is InChI=1S/C24H26Cl2N2O6/c1-24(2,3)34-23(33)19(29)12-20(30)28(13-14-9-17(25)21(31)18(26)10-14)16-8-6-7-15(11-16)22(32)27(4)5/h6-11,31H,12-13H2,1-5H3. The van der Waals surface area contributed by atoms with Gasteiger partial charge in [-0.05, 0) is 56.7 Å². The van der Waals surface area contributed by atoms with Crippen molar-refractivity contribution in [3.05, 3.63) is 57.6 Å². The fourth-order valence-electron chi connectivity index (χ4n) is 2.92. The van der Waals surface area contributed by atoms with Gasteiger partial charge in [-0.3, -0.25) is 14.4 Å². The second-order valence-electron chi connectivity index (χ2n) is 8.74. The third-order valence-corrected chi connectivity index (χ3v) is 5.04. The smallest absolute Gasteiger partial charge is 0.375 e. The number of hydrogen-bond donors (Lipinski definition) is 1. The average Bonchev–Trinajstić information content (AvgIpc) is 2.73. The first-order valence-electron chi connectivity index (χ1n) is 10.2. The number of phenolic OH excluding ortho intramolecular Hbond substituents is 1. The summed E-state index contributed by atoms with van der Waals surface area (Å²) in [5.41, 5.74) is 0.196. The third kappa shape index (κ3) is 7.20. The Morgan fingerprint density at radius 1 is 1.00 bits per heavy atom. The minimum absolute atomic E-state index is 0.0173. The van der Waals surface area contributed by atoms with E-state index >= 15 is 0 Å². The Morgan fingerprint density at radius 3 is 2.12 bits per heavy atom. The van der Waals surface area contributed by atoms with Crippen LogP contribution in [-0.4, -0.2) is 53.3 Å². The van der Waals surface area contributed by atoms with E-state index in [-0.39, 0.29) is 28.2 Å². The summed E-state index contributed by atoms with van der Waals surface area (Å²) in [6.07, 6.45) is -0.750. The van der Waals surface area contributed by atoms with Crippen LogP contribution in [0.2, 0.25) is 10.0 Å². The molecular weight excluding hydrogens is 483 g/mol. The zero-order chi connectivity index (χ0) is 25.8. The van der Waals surface area contributed by atoms with Crippen molar-refractivity contribution in [3.63, 3.8) is 0 Å². The van der Waals surface area contributed by atoms with Gasteiger partial charge in [0.25, 0.3) is 5.91 Å². The lowest BCUT2D eigenvalue weighted by molar-refractivity contribution is -0.163. The number of anilines is 1. The topological polar surface area (TPSA) is 104 Å². The van der Waals surface area contributed by atoms with E-state index in [4.69, 9.17) is 27.9 Å². The molecule has 0 aliphatic rings. The number of amides is 2. The normalized spacial score (nSPS) is 11.0. The summed E-state index contributed by atoms with van der Waals surface area (Å²) >= 11 is 12.0. The van der Waals surface area contributed by atoms with Crippen LogP contribution in [0.4, 0.5) is 5.69 Å². The summed E-state index contributed by atoms with van der Waals surface area (Å²) in [6.45, 7) is 4.73. The number of hydrogen-bond acceptors (Lipinski definition) is 6. The van der Waals surface area contributed by atoms with E-state index < -0.39 is 29.7 Å². The van der Waals surface area contributed by atoms with Crippen LogP contribution in [0, 0.1) is 0 Å². The second kappa shape index (κ2) is 10.9. The number of benzene rings is 2. The molecule has 10 heteroatoms. The Labute approximate surface area is 208 Å². The zero-order valence-corrected chi connectivity index (χ0v) is 21.0. The highest BCUT2D eigenvalue weighted by atomic mass is 35.5. The molecule has 0 fully saturated rings. The van der Waals surface area contributed by atoms with Crippen molar-refractivity contribution in [2.24, 2.45) is 0 Å². The molecule has 2 aromatic rings. The molecule has 1 N–H and O–H groups in total. The zero-order valence-electron chi connectivity index (χ0n) is 19.5. The van der Waals surface area contributed by atoms with E-state index in [1.54, 1.807) is 53.1 Å². The Kier molecular flexibility index (Phi) is 8.69. The molecule has 2 aromatic carbocycles. The molecule has 0 aliphatic carbocycles. The molecule has 2 amide bonds. The van der Waals surface area contributed by atoms with Crippen LogP contribution in [0.25, 0.3) is 0 Å². The van der Waals surface area contributed by atoms with Gasteiger partial charge in [-0.25, -0.2) is 4.79 Å². The van der Waals surface area contributed by atoms with Crippen molar-refractivity contribution < 1.29 is 29.0 Å². The predicted molar refractivity (Wildman–Crippen MR) is 129 cm³/mol. The molecule has 0 saturated heterocycles. The molecule has 0 radical (unpaired) electrons. The van der Waals surface area contributed by atoms with Crippen molar-refractivity contribution in [3.8, 4) is 5.75 Å². The average molecular weight is 509 g/mol. The van der Waals surface area contributed by atoms with Gasteiger partial charge in [-0.2, -0.15) is 0 Å². The molecule has 0 aromatic heterocycles. The highest BCUT2D eigenvalue weighted by Gasteiger charge is 2.28. The van der Waals surface area contributed by atoms with Crippen LogP contribution in [-0.2, 0) is 25.7 Å². The summed E-state index contributed by atoms with van der Waals surface area (Å²) in [5, 5.41) is 9.80. The second-order valence-corrected chi connectivity index (χ2v) is 9.55. The Bertz CT molecular complexity index is 1100. The largest absolute Gasteiger partial charge is 0.505 e. The van der Waals surface area contributed by atoms with E-state index in [9.17, 15) is 24.3 Å². The molecule has 34 heavy (non-hydrogen) atoms. The summed E-state index contributed by atoms with van der Waals surface area (Å²) in [5.74, 6) is -3.41. The molecule has 0 unspecified atom stereocenters. The summed E-state index contributed by atoms with van der Waals surface area (Å²) in [6, 6.07) is 9.13. The van der Waals surface area contributed by atoms with Gasteiger partial charge in [0.15, 0.2) is 5.75 Å². The van der Waals surface area contributed by atoms with Crippen molar-refractivity contribution in [2.45, 2.75) is 39.3 Å². The summed E-state index contributed by atoms with van der Waals surface area (Å²) in [7, 11) is 3.19. The Hall–Kier alpha value is -3.10. The lowest BCUT2D eigenvalue weighted by Crippen LogP contribution is -2.36. The number of Topliss-reactive ketones (excluding diaryl/α,β-unsaturated/α-hetero) is 1. The Morgan fingerprint density at radius 2 is 1.59 bits per heavy atom.